The molecule has 2 aromatic rings. The van der Waals surface area contributed by atoms with Gasteiger partial charge in [-0.3, -0.25) is 9.59 Å². The van der Waals surface area contributed by atoms with E-state index in [1.54, 1.807) is 20.8 Å². The number of unbranched alkanes of at least 4 members (excludes halogenated alkanes) is 1. The second-order valence-electron chi connectivity index (χ2n) is 10.7. The van der Waals surface area contributed by atoms with Crippen LogP contribution in [0, 0.1) is 0 Å². The first kappa shape index (κ1) is 30.5. The van der Waals surface area contributed by atoms with E-state index in [1.165, 1.54) is 0 Å². The fourth-order valence-corrected chi connectivity index (χ4v) is 4.60. The molecular formula is C30H39N3O7. The summed E-state index contributed by atoms with van der Waals surface area (Å²) in [4.78, 5) is 48.2. The molecule has 0 aliphatic heterocycles. The number of alkyl carbamates (subject to hydrolysis) is 2. The molecule has 3 amide bonds. The van der Waals surface area contributed by atoms with Crippen LogP contribution in [0.2, 0.25) is 0 Å². The van der Waals surface area contributed by atoms with E-state index >= 15 is 0 Å². The third kappa shape index (κ3) is 9.29. The van der Waals surface area contributed by atoms with Crippen molar-refractivity contribution in [3.8, 4) is 11.1 Å². The topological polar surface area (TPSA) is 143 Å². The van der Waals surface area contributed by atoms with Gasteiger partial charge in [0.2, 0.25) is 5.91 Å². The zero-order valence-electron chi connectivity index (χ0n) is 23.3. The van der Waals surface area contributed by atoms with Crippen LogP contribution in [-0.2, 0) is 19.1 Å². The molecule has 2 aromatic carbocycles. The van der Waals surface area contributed by atoms with Crippen molar-refractivity contribution in [2.24, 2.45) is 0 Å². The summed E-state index contributed by atoms with van der Waals surface area (Å²) in [5, 5.41) is 16.9. The molecule has 0 saturated carbocycles. The smallest absolute Gasteiger partial charge is 0.407 e. The third-order valence-corrected chi connectivity index (χ3v) is 6.41. The fraction of sp³-hybridized carbons (Fsp3) is 0.467. The van der Waals surface area contributed by atoms with Crippen LogP contribution < -0.4 is 16.0 Å². The summed E-state index contributed by atoms with van der Waals surface area (Å²) in [5.41, 5.74) is 3.81. The Bertz CT molecular complexity index is 1150. The van der Waals surface area contributed by atoms with E-state index in [9.17, 15) is 19.2 Å². The number of nitrogens with one attached hydrogen (secondary N) is 3. The van der Waals surface area contributed by atoms with Gasteiger partial charge in [-0.05, 0) is 68.7 Å². The van der Waals surface area contributed by atoms with Crippen molar-refractivity contribution in [3.63, 3.8) is 0 Å². The predicted molar refractivity (Wildman–Crippen MR) is 150 cm³/mol. The predicted octanol–water partition coefficient (Wildman–Crippen LogP) is 4.57. The molecule has 3 rings (SSSR count). The van der Waals surface area contributed by atoms with Crippen LogP contribution in [-0.4, -0.2) is 60.5 Å². The van der Waals surface area contributed by atoms with E-state index in [2.05, 4.69) is 28.1 Å². The van der Waals surface area contributed by atoms with Gasteiger partial charge in [-0.25, -0.2) is 9.59 Å². The molecule has 4 N–H and O–H groups in total. The van der Waals surface area contributed by atoms with E-state index in [1.807, 2.05) is 36.4 Å². The molecular weight excluding hydrogens is 514 g/mol. The molecule has 0 aromatic heterocycles. The van der Waals surface area contributed by atoms with Crippen LogP contribution in [0.15, 0.2) is 48.5 Å². The minimum Gasteiger partial charge on any atom is -0.481 e. The van der Waals surface area contributed by atoms with Gasteiger partial charge in [0.25, 0.3) is 0 Å². The lowest BCUT2D eigenvalue weighted by molar-refractivity contribution is -0.137. The Hall–Kier alpha value is -4.08. The van der Waals surface area contributed by atoms with Crippen LogP contribution in [0.3, 0.4) is 0 Å². The van der Waals surface area contributed by atoms with Gasteiger partial charge < -0.3 is 30.5 Å². The minimum atomic E-state index is -0.944. The maximum atomic E-state index is 12.8. The van der Waals surface area contributed by atoms with Crippen molar-refractivity contribution in [2.75, 3.05) is 19.7 Å². The van der Waals surface area contributed by atoms with E-state index < -0.39 is 35.7 Å². The molecule has 216 valence electrons. The van der Waals surface area contributed by atoms with Crippen LogP contribution in [0.25, 0.3) is 11.1 Å². The normalized spacial score (nSPS) is 13.0. The quantitative estimate of drug-likeness (QED) is 0.266. The van der Waals surface area contributed by atoms with Crippen molar-refractivity contribution < 1.29 is 33.8 Å². The number of carbonyl (C=O) groups excluding carboxylic acids is 3. The highest BCUT2D eigenvalue weighted by molar-refractivity contribution is 5.85. The molecule has 0 bridgehead atoms. The summed E-state index contributed by atoms with van der Waals surface area (Å²) >= 11 is 0. The molecule has 10 heteroatoms. The number of carboxylic acid groups (broad SMARTS) is 1. The summed E-state index contributed by atoms with van der Waals surface area (Å²) in [5.74, 6) is -1.47. The maximum absolute atomic E-state index is 12.8. The van der Waals surface area contributed by atoms with Gasteiger partial charge >= 0.3 is 18.2 Å². The molecule has 0 spiro atoms. The SMILES string of the molecule is CC(C)(C)OC(=O)NCCCC[C@H](NC(=O)OCC1c2ccccc2-c2ccccc21)C(=O)NCCCC(=O)O. The summed E-state index contributed by atoms with van der Waals surface area (Å²) in [6, 6.07) is 15.2. The van der Waals surface area contributed by atoms with Crippen molar-refractivity contribution in [2.45, 2.75) is 70.4 Å². The average Bonchev–Trinajstić information content (AvgIpc) is 3.21. The molecule has 0 heterocycles. The zero-order chi connectivity index (χ0) is 29.1. The Labute approximate surface area is 234 Å². The summed E-state index contributed by atoms with van der Waals surface area (Å²) < 4.78 is 10.8. The molecule has 0 saturated heterocycles. The number of carbonyl (C=O) groups is 4. The van der Waals surface area contributed by atoms with Crippen LogP contribution in [0.5, 0.6) is 0 Å². The molecule has 0 fully saturated rings. The molecule has 1 aliphatic rings. The second-order valence-corrected chi connectivity index (χ2v) is 10.7. The molecule has 10 nitrogen and oxygen atoms in total. The van der Waals surface area contributed by atoms with Crippen LogP contribution in [0.4, 0.5) is 9.59 Å². The Kier molecular flexibility index (Phi) is 10.9. The number of fused-ring (bicyclic) bond motifs is 3. The van der Waals surface area contributed by atoms with E-state index in [0.717, 1.165) is 22.3 Å². The van der Waals surface area contributed by atoms with Crippen molar-refractivity contribution in [1.82, 2.24) is 16.0 Å². The van der Waals surface area contributed by atoms with Gasteiger partial charge in [-0.2, -0.15) is 0 Å². The number of rotatable bonds is 13. The number of ether oxygens (including phenoxy) is 2. The largest absolute Gasteiger partial charge is 0.481 e. The van der Waals surface area contributed by atoms with Gasteiger partial charge in [0.05, 0.1) is 0 Å². The molecule has 1 atom stereocenters. The van der Waals surface area contributed by atoms with Crippen LogP contribution >= 0.6 is 0 Å². The Morgan fingerprint density at radius 3 is 2.05 bits per heavy atom. The monoisotopic (exact) mass is 553 g/mol. The minimum absolute atomic E-state index is 0.0684. The van der Waals surface area contributed by atoms with Gasteiger partial charge in [0, 0.05) is 25.4 Å². The first-order chi connectivity index (χ1) is 19.0. The van der Waals surface area contributed by atoms with E-state index in [4.69, 9.17) is 14.6 Å². The Morgan fingerprint density at radius 2 is 1.45 bits per heavy atom. The first-order valence-corrected chi connectivity index (χ1v) is 13.6. The number of hydrogen-bond donors (Lipinski definition) is 4. The number of benzene rings is 2. The highest BCUT2D eigenvalue weighted by Crippen LogP contribution is 2.44. The third-order valence-electron chi connectivity index (χ3n) is 6.41. The van der Waals surface area contributed by atoms with Crippen molar-refractivity contribution in [1.29, 1.82) is 0 Å². The first-order valence-electron chi connectivity index (χ1n) is 13.6. The zero-order valence-corrected chi connectivity index (χ0v) is 23.3. The fourth-order valence-electron chi connectivity index (χ4n) is 4.60. The van der Waals surface area contributed by atoms with Gasteiger partial charge in [-0.1, -0.05) is 48.5 Å². The van der Waals surface area contributed by atoms with Crippen LogP contribution in [0.1, 0.15) is 69.9 Å². The number of hydrogen-bond acceptors (Lipinski definition) is 6. The maximum Gasteiger partial charge on any atom is 0.407 e. The second kappa shape index (κ2) is 14.3. The summed E-state index contributed by atoms with van der Waals surface area (Å²) in [6.07, 6.45) is 0.391. The number of aliphatic carboxylic acids is 1. The average molecular weight is 554 g/mol. The van der Waals surface area contributed by atoms with Crippen molar-refractivity contribution in [3.05, 3.63) is 59.7 Å². The van der Waals surface area contributed by atoms with Gasteiger partial charge in [0.15, 0.2) is 0 Å². The van der Waals surface area contributed by atoms with Gasteiger partial charge in [-0.15, -0.1) is 0 Å². The molecule has 1 aliphatic carbocycles. The standard InChI is InChI=1S/C30H39N3O7/c1-30(2,3)40-28(37)32-17-9-8-15-25(27(36)31-18-10-16-26(34)35)33-29(38)39-19-24-22-13-6-4-11-20(22)21-12-5-7-14-23(21)24/h4-7,11-14,24-25H,8-10,15-19H2,1-3H3,(H,31,36)(H,32,37)(H,33,38)(H,34,35)/t25-/m0/s1. The highest BCUT2D eigenvalue weighted by atomic mass is 16.6. The number of carboxylic acids is 1. The summed E-state index contributed by atoms with van der Waals surface area (Å²) in [6.45, 7) is 5.98. The Morgan fingerprint density at radius 1 is 0.850 bits per heavy atom. The van der Waals surface area contributed by atoms with Crippen molar-refractivity contribution >= 4 is 24.1 Å². The molecule has 40 heavy (non-hydrogen) atoms. The lowest BCUT2D eigenvalue weighted by Gasteiger charge is -2.20. The number of amides is 3. The molecule has 0 unspecified atom stereocenters. The van der Waals surface area contributed by atoms with E-state index in [-0.39, 0.29) is 31.9 Å². The van der Waals surface area contributed by atoms with Gasteiger partial charge in [0.1, 0.15) is 18.2 Å². The highest BCUT2D eigenvalue weighted by Gasteiger charge is 2.29. The molecule has 0 radical (unpaired) electrons. The Balaban J connectivity index is 1.54. The lowest BCUT2D eigenvalue weighted by Crippen LogP contribution is -2.47. The van der Waals surface area contributed by atoms with E-state index in [0.29, 0.717) is 25.8 Å². The lowest BCUT2D eigenvalue weighted by atomic mass is 9.98. The summed E-state index contributed by atoms with van der Waals surface area (Å²) in [7, 11) is 0.